The van der Waals surface area contributed by atoms with Gasteiger partial charge in [-0.25, -0.2) is 4.79 Å². The number of hydrogen-bond acceptors (Lipinski definition) is 4. The number of rotatable bonds is 5. The van der Waals surface area contributed by atoms with Crippen LogP contribution in [0.4, 0.5) is 4.79 Å². The van der Waals surface area contributed by atoms with Crippen LogP contribution in [-0.4, -0.2) is 41.1 Å². The summed E-state index contributed by atoms with van der Waals surface area (Å²) in [5, 5.41) is 17.9. The van der Waals surface area contributed by atoms with Crippen LogP contribution in [-0.2, 0) is 9.59 Å². The molecule has 3 rings (SSSR count). The fourth-order valence-corrected chi connectivity index (χ4v) is 4.73. The quantitative estimate of drug-likeness (QED) is 0.553. The van der Waals surface area contributed by atoms with Crippen LogP contribution in [0.1, 0.15) is 52.4 Å². The Morgan fingerprint density at radius 1 is 1.29 bits per heavy atom. The summed E-state index contributed by atoms with van der Waals surface area (Å²) in [6, 6.07) is -0.551. The van der Waals surface area contributed by atoms with Crippen molar-refractivity contribution in [2.75, 3.05) is 6.61 Å². The Bertz CT molecular complexity index is 548. The van der Waals surface area contributed by atoms with Crippen LogP contribution in [0.25, 0.3) is 0 Å². The van der Waals surface area contributed by atoms with E-state index in [1.807, 2.05) is 0 Å². The largest absolute Gasteiger partial charge is 0.396 e. The Kier molecular flexibility index (Phi) is 4.32. The Hall–Kier alpha value is -1.63. The van der Waals surface area contributed by atoms with Crippen molar-refractivity contribution in [1.82, 2.24) is 16.0 Å². The summed E-state index contributed by atoms with van der Waals surface area (Å²) in [6.45, 7) is 4.21. The van der Waals surface area contributed by atoms with E-state index in [-0.39, 0.29) is 41.7 Å². The van der Waals surface area contributed by atoms with E-state index >= 15 is 0 Å². The third-order valence-corrected chi connectivity index (χ3v) is 6.11. The van der Waals surface area contributed by atoms with Crippen LogP contribution < -0.4 is 16.0 Å². The molecule has 4 amide bonds. The van der Waals surface area contributed by atoms with E-state index in [0.29, 0.717) is 12.8 Å². The van der Waals surface area contributed by atoms with Gasteiger partial charge in [0.05, 0.1) is 6.61 Å². The lowest BCUT2D eigenvalue weighted by atomic mass is 9.67. The molecule has 1 atom stereocenters. The molecule has 0 aromatic carbocycles. The second kappa shape index (κ2) is 6.02. The summed E-state index contributed by atoms with van der Waals surface area (Å²) >= 11 is 0. The van der Waals surface area contributed by atoms with Gasteiger partial charge in [-0.3, -0.25) is 14.9 Å². The van der Waals surface area contributed by atoms with Gasteiger partial charge in [0.25, 0.3) is 5.91 Å². The number of imide groups is 1. The highest BCUT2D eigenvalue weighted by atomic mass is 16.3. The first-order valence-electron chi connectivity index (χ1n) is 8.87. The number of carbonyl (C=O) groups excluding carboxylic acids is 3. The van der Waals surface area contributed by atoms with Crippen LogP contribution in [0, 0.1) is 17.3 Å². The van der Waals surface area contributed by atoms with E-state index in [9.17, 15) is 19.5 Å². The molecule has 1 spiro atoms. The van der Waals surface area contributed by atoms with Crippen molar-refractivity contribution in [3.05, 3.63) is 0 Å². The minimum Gasteiger partial charge on any atom is -0.396 e. The molecule has 0 bridgehead atoms. The first kappa shape index (κ1) is 17.2. The summed E-state index contributed by atoms with van der Waals surface area (Å²) in [6.07, 6.45) is 4.71. The average molecular weight is 337 g/mol. The van der Waals surface area contributed by atoms with Crippen molar-refractivity contribution in [3.8, 4) is 0 Å². The molecule has 7 nitrogen and oxygen atoms in total. The molecule has 2 aliphatic carbocycles. The predicted molar refractivity (Wildman–Crippen MR) is 86.9 cm³/mol. The van der Waals surface area contributed by atoms with Crippen LogP contribution in [0.15, 0.2) is 0 Å². The molecule has 1 heterocycles. The van der Waals surface area contributed by atoms with E-state index in [0.717, 1.165) is 25.7 Å². The van der Waals surface area contributed by atoms with Gasteiger partial charge in [0, 0.05) is 17.4 Å². The topological polar surface area (TPSA) is 108 Å². The molecule has 7 heteroatoms. The van der Waals surface area contributed by atoms with E-state index in [4.69, 9.17) is 0 Å². The molecule has 1 saturated heterocycles. The Balaban J connectivity index is 1.63. The lowest BCUT2D eigenvalue weighted by Crippen LogP contribution is -2.62. The molecular formula is C17H27N3O4. The summed E-state index contributed by atoms with van der Waals surface area (Å²) in [5.41, 5.74) is -1.13. The van der Waals surface area contributed by atoms with Gasteiger partial charge >= 0.3 is 6.03 Å². The van der Waals surface area contributed by atoms with Crippen molar-refractivity contribution in [1.29, 1.82) is 0 Å². The van der Waals surface area contributed by atoms with Crippen LogP contribution in [0.2, 0.25) is 0 Å². The number of carbonyl (C=O) groups is 3. The van der Waals surface area contributed by atoms with Crippen molar-refractivity contribution < 1.29 is 19.5 Å². The normalized spacial score (nSPS) is 32.4. The zero-order chi connectivity index (χ0) is 17.5. The molecule has 0 aromatic heterocycles. The fourth-order valence-electron chi connectivity index (χ4n) is 4.73. The van der Waals surface area contributed by atoms with Crippen molar-refractivity contribution >= 4 is 17.8 Å². The predicted octanol–water partition coefficient (Wildman–Crippen LogP) is 0.668. The van der Waals surface area contributed by atoms with Gasteiger partial charge in [0.1, 0.15) is 5.54 Å². The summed E-state index contributed by atoms with van der Waals surface area (Å²) < 4.78 is 0. The second-order valence-electron chi connectivity index (χ2n) is 8.05. The van der Waals surface area contributed by atoms with Crippen molar-refractivity contribution in [2.45, 2.75) is 64.0 Å². The minimum atomic E-state index is -0.894. The maximum atomic E-state index is 12.6. The molecule has 4 N–H and O–H groups in total. The molecule has 1 aliphatic heterocycles. The van der Waals surface area contributed by atoms with E-state index in [2.05, 4.69) is 29.8 Å². The SMILES string of the molecule is CC(C)C(NC(=O)C1CC2(C1)NC(=O)NC2=O)C1(CO)CCCC1. The summed E-state index contributed by atoms with van der Waals surface area (Å²) in [4.78, 5) is 35.8. The summed E-state index contributed by atoms with van der Waals surface area (Å²) in [5.74, 6) is -0.456. The maximum absolute atomic E-state index is 12.6. The highest BCUT2D eigenvalue weighted by Gasteiger charge is 2.57. The smallest absolute Gasteiger partial charge is 0.322 e. The van der Waals surface area contributed by atoms with Gasteiger partial charge in [-0.2, -0.15) is 0 Å². The molecule has 0 radical (unpaired) electrons. The van der Waals surface area contributed by atoms with Crippen molar-refractivity contribution in [3.63, 3.8) is 0 Å². The van der Waals surface area contributed by atoms with Gasteiger partial charge in [-0.1, -0.05) is 26.7 Å². The number of aliphatic hydroxyl groups excluding tert-OH is 1. The molecule has 24 heavy (non-hydrogen) atoms. The highest BCUT2D eigenvalue weighted by Crippen LogP contribution is 2.44. The average Bonchev–Trinajstić information content (AvgIpc) is 3.07. The first-order valence-corrected chi connectivity index (χ1v) is 8.87. The van der Waals surface area contributed by atoms with Crippen LogP contribution in [0.5, 0.6) is 0 Å². The molecule has 3 aliphatic rings. The van der Waals surface area contributed by atoms with E-state index in [1.165, 1.54) is 0 Å². The molecule has 0 aromatic rings. The maximum Gasteiger partial charge on any atom is 0.322 e. The zero-order valence-corrected chi connectivity index (χ0v) is 14.4. The monoisotopic (exact) mass is 337 g/mol. The standard InChI is InChI=1S/C17H27N3O4/c1-10(2)12(16(9-21)5-3-4-6-16)18-13(22)11-7-17(8-11)14(23)19-15(24)20-17/h10-12,21H,3-9H2,1-2H3,(H,18,22)(H2,19,20,23,24). The van der Waals surface area contributed by atoms with Gasteiger partial charge in [0.2, 0.25) is 5.91 Å². The number of urea groups is 1. The molecule has 3 fully saturated rings. The molecule has 2 saturated carbocycles. The number of aliphatic hydroxyl groups is 1. The van der Waals surface area contributed by atoms with Crippen LogP contribution >= 0.6 is 0 Å². The van der Waals surface area contributed by atoms with Gasteiger partial charge in [0.15, 0.2) is 0 Å². The number of amides is 4. The van der Waals surface area contributed by atoms with Gasteiger partial charge in [-0.05, 0) is 31.6 Å². The highest BCUT2D eigenvalue weighted by molar-refractivity contribution is 6.08. The third kappa shape index (κ3) is 2.68. The molecule has 1 unspecified atom stereocenters. The Labute approximate surface area is 141 Å². The van der Waals surface area contributed by atoms with E-state index < -0.39 is 11.6 Å². The molecular weight excluding hydrogens is 310 g/mol. The lowest BCUT2D eigenvalue weighted by molar-refractivity contribution is -0.138. The third-order valence-electron chi connectivity index (χ3n) is 6.11. The summed E-state index contributed by atoms with van der Waals surface area (Å²) in [7, 11) is 0. The first-order chi connectivity index (χ1) is 11.3. The number of nitrogens with one attached hydrogen (secondary N) is 3. The zero-order valence-electron chi connectivity index (χ0n) is 14.4. The second-order valence-corrected chi connectivity index (χ2v) is 8.05. The minimum absolute atomic E-state index is 0.0685. The fraction of sp³-hybridized carbons (Fsp3) is 0.824. The number of hydrogen-bond donors (Lipinski definition) is 4. The Morgan fingerprint density at radius 2 is 1.92 bits per heavy atom. The molecule has 134 valence electrons. The van der Waals surface area contributed by atoms with Gasteiger partial charge in [-0.15, -0.1) is 0 Å². The van der Waals surface area contributed by atoms with Gasteiger partial charge < -0.3 is 15.7 Å². The lowest BCUT2D eigenvalue weighted by Gasteiger charge is -2.44. The Morgan fingerprint density at radius 3 is 2.38 bits per heavy atom. The van der Waals surface area contributed by atoms with Crippen LogP contribution in [0.3, 0.4) is 0 Å². The van der Waals surface area contributed by atoms with E-state index in [1.54, 1.807) is 0 Å². The van der Waals surface area contributed by atoms with Crippen molar-refractivity contribution in [2.24, 2.45) is 17.3 Å².